The fourth-order valence-electron chi connectivity index (χ4n) is 1.60. The van der Waals surface area contributed by atoms with Crippen LogP contribution in [0.2, 0.25) is 5.02 Å². The van der Waals surface area contributed by atoms with Crippen molar-refractivity contribution in [1.29, 1.82) is 0 Å². The Bertz CT molecular complexity index is 720. The number of hydrogen-bond acceptors (Lipinski definition) is 4. The van der Waals surface area contributed by atoms with Crippen molar-refractivity contribution in [2.45, 2.75) is 0 Å². The van der Waals surface area contributed by atoms with E-state index in [2.05, 4.69) is 31.9 Å². The van der Waals surface area contributed by atoms with Gasteiger partial charge in [0.1, 0.15) is 12.3 Å². The number of carbonyl (C=O) groups is 2. The van der Waals surface area contributed by atoms with E-state index in [9.17, 15) is 9.59 Å². The van der Waals surface area contributed by atoms with E-state index in [0.29, 0.717) is 9.90 Å². The number of carbonyl (C=O) groups excluding carboxylic acids is 2. The SMILES string of the molecule is CN(CC(=O)Oc1ccc(Br)cc1Cl)C(=O)c1ccc(Br)s1. The largest absolute Gasteiger partial charge is 0.424 e. The fourth-order valence-corrected chi connectivity index (χ4v) is 3.69. The molecule has 0 unspecified atom stereocenters. The van der Waals surface area contributed by atoms with E-state index >= 15 is 0 Å². The standard InChI is InChI=1S/C14H10Br2ClNO3S/c1-18(14(20)11-4-5-12(16)22-11)7-13(19)21-10-3-2-8(15)6-9(10)17/h2-6H,7H2,1H3. The molecule has 0 saturated heterocycles. The molecule has 2 rings (SSSR count). The maximum absolute atomic E-state index is 12.1. The summed E-state index contributed by atoms with van der Waals surface area (Å²) in [5, 5.41) is 0.318. The summed E-state index contributed by atoms with van der Waals surface area (Å²) in [6, 6.07) is 8.41. The van der Waals surface area contributed by atoms with Crippen LogP contribution < -0.4 is 4.74 Å². The van der Waals surface area contributed by atoms with Gasteiger partial charge >= 0.3 is 5.97 Å². The van der Waals surface area contributed by atoms with Gasteiger partial charge in [0.2, 0.25) is 0 Å². The topological polar surface area (TPSA) is 46.6 Å². The van der Waals surface area contributed by atoms with Gasteiger partial charge < -0.3 is 9.64 Å². The van der Waals surface area contributed by atoms with Gasteiger partial charge in [0.25, 0.3) is 5.91 Å². The fraction of sp³-hybridized carbons (Fsp3) is 0.143. The van der Waals surface area contributed by atoms with Gasteiger partial charge in [-0.1, -0.05) is 27.5 Å². The molecule has 2 aromatic rings. The van der Waals surface area contributed by atoms with Gasteiger partial charge in [-0.3, -0.25) is 4.79 Å². The van der Waals surface area contributed by atoms with Gasteiger partial charge in [-0.2, -0.15) is 0 Å². The molecular formula is C14H10Br2ClNO3S. The lowest BCUT2D eigenvalue weighted by Crippen LogP contribution is -2.33. The Balaban J connectivity index is 1.98. The predicted octanol–water partition coefficient (Wildman–Crippen LogP) is 4.60. The highest BCUT2D eigenvalue weighted by atomic mass is 79.9. The quantitative estimate of drug-likeness (QED) is 0.488. The number of halogens is 3. The summed E-state index contributed by atoms with van der Waals surface area (Å²) in [7, 11) is 1.54. The summed E-state index contributed by atoms with van der Waals surface area (Å²) < 4.78 is 6.81. The summed E-state index contributed by atoms with van der Waals surface area (Å²) in [5.74, 6) is -0.542. The minimum absolute atomic E-state index is 0.166. The molecular weight excluding hydrogens is 457 g/mol. The number of thiophene rings is 1. The van der Waals surface area contributed by atoms with Gasteiger partial charge in [0.15, 0.2) is 0 Å². The number of esters is 1. The number of nitrogens with zero attached hydrogens (tertiary/aromatic N) is 1. The van der Waals surface area contributed by atoms with Gasteiger partial charge in [0.05, 0.1) is 13.7 Å². The van der Waals surface area contributed by atoms with Gasteiger partial charge in [0, 0.05) is 11.5 Å². The van der Waals surface area contributed by atoms with E-state index in [-0.39, 0.29) is 18.2 Å². The molecule has 116 valence electrons. The molecule has 0 bridgehead atoms. The summed E-state index contributed by atoms with van der Waals surface area (Å²) in [6.07, 6.45) is 0. The molecule has 4 nitrogen and oxygen atoms in total. The van der Waals surface area contributed by atoms with E-state index in [0.717, 1.165) is 8.26 Å². The molecule has 0 aliphatic rings. The minimum Gasteiger partial charge on any atom is -0.424 e. The first-order valence-corrected chi connectivity index (χ1v) is 8.81. The zero-order valence-corrected chi connectivity index (χ0v) is 16.1. The lowest BCUT2D eigenvalue weighted by Gasteiger charge is -2.15. The number of benzene rings is 1. The van der Waals surface area contributed by atoms with Crippen molar-refractivity contribution in [2.75, 3.05) is 13.6 Å². The average Bonchev–Trinajstić information content (AvgIpc) is 2.87. The average molecular weight is 468 g/mol. The molecule has 0 aliphatic heterocycles. The Morgan fingerprint density at radius 1 is 1.27 bits per heavy atom. The lowest BCUT2D eigenvalue weighted by molar-refractivity contribution is -0.134. The Morgan fingerprint density at radius 2 is 2.00 bits per heavy atom. The predicted molar refractivity (Wildman–Crippen MR) is 93.8 cm³/mol. The van der Waals surface area contributed by atoms with Gasteiger partial charge in [-0.25, -0.2) is 4.79 Å². The maximum atomic E-state index is 12.1. The van der Waals surface area contributed by atoms with Crippen LogP contribution >= 0.6 is 54.8 Å². The first-order valence-electron chi connectivity index (χ1n) is 6.03. The Hall–Kier alpha value is -0.890. The van der Waals surface area contributed by atoms with Gasteiger partial charge in [-0.15, -0.1) is 11.3 Å². The highest BCUT2D eigenvalue weighted by Gasteiger charge is 2.18. The lowest BCUT2D eigenvalue weighted by atomic mass is 10.3. The third kappa shape index (κ3) is 4.55. The minimum atomic E-state index is -0.560. The maximum Gasteiger partial charge on any atom is 0.331 e. The molecule has 0 atom stereocenters. The number of ether oxygens (including phenoxy) is 1. The van der Waals surface area contributed by atoms with Crippen LogP contribution in [0.4, 0.5) is 0 Å². The van der Waals surface area contributed by atoms with Crippen molar-refractivity contribution in [3.8, 4) is 5.75 Å². The molecule has 22 heavy (non-hydrogen) atoms. The van der Waals surface area contributed by atoms with E-state index in [1.165, 1.54) is 16.2 Å². The van der Waals surface area contributed by atoms with E-state index in [1.807, 2.05) is 0 Å². The first kappa shape index (κ1) is 17.5. The Morgan fingerprint density at radius 3 is 2.59 bits per heavy atom. The molecule has 0 saturated carbocycles. The van der Waals surface area contributed by atoms with Gasteiger partial charge in [-0.05, 0) is 46.3 Å². The normalized spacial score (nSPS) is 10.4. The summed E-state index contributed by atoms with van der Waals surface area (Å²) in [5.41, 5.74) is 0. The third-order valence-electron chi connectivity index (χ3n) is 2.61. The van der Waals surface area contributed by atoms with Crippen molar-refractivity contribution in [1.82, 2.24) is 4.90 Å². The van der Waals surface area contributed by atoms with Crippen molar-refractivity contribution in [2.24, 2.45) is 0 Å². The monoisotopic (exact) mass is 465 g/mol. The van der Waals surface area contributed by atoms with Crippen LogP contribution in [0.1, 0.15) is 9.67 Å². The summed E-state index contributed by atoms with van der Waals surface area (Å²) in [6.45, 7) is -0.166. The molecule has 0 aliphatic carbocycles. The highest BCUT2D eigenvalue weighted by Crippen LogP contribution is 2.28. The van der Waals surface area contributed by atoms with E-state index in [4.69, 9.17) is 16.3 Å². The van der Waals surface area contributed by atoms with Crippen LogP contribution in [-0.4, -0.2) is 30.4 Å². The van der Waals surface area contributed by atoms with Crippen LogP contribution in [0.5, 0.6) is 5.75 Å². The Labute approximate surface area is 153 Å². The number of likely N-dealkylation sites (N-methyl/N-ethyl adjacent to an activating group) is 1. The van der Waals surface area contributed by atoms with Crippen molar-refractivity contribution in [3.05, 3.63) is 48.5 Å². The zero-order chi connectivity index (χ0) is 16.3. The second-order valence-corrected chi connectivity index (χ2v) is 8.10. The van der Waals surface area contributed by atoms with Crippen LogP contribution in [-0.2, 0) is 4.79 Å². The smallest absolute Gasteiger partial charge is 0.331 e. The Kier molecular flexibility index (Phi) is 6.02. The molecule has 1 amide bonds. The second kappa shape index (κ2) is 7.59. The molecule has 1 aromatic heterocycles. The van der Waals surface area contributed by atoms with Crippen LogP contribution in [0.25, 0.3) is 0 Å². The molecule has 0 N–H and O–H groups in total. The van der Waals surface area contributed by atoms with E-state index in [1.54, 1.807) is 37.4 Å². The van der Waals surface area contributed by atoms with Crippen molar-refractivity contribution >= 4 is 66.7 Å². The highest BCUT2D eigenvalue weighted by molar-refractivity contribution is 9.11. The summed E-state index contributed by atoms with van der Waals surface area (Å²) >= 11 is 13.9. The zero-order valence-electron chi connectivity index (χ0n) is 11.3. The molecule has 0 radical (unpaired) electrons. The molecule has 0 spiro atoms. The summed E-state index contributed by atoms with van der Waals surface area (Å²) in [4.78, 5) is 25.9. The molecule has 8 heteroatoms. The number of rotatable bonds is 4. The van der Waals surface area contributed by atoms with Crippen LogP contribution in [0.15, 0.2) is 38.6 Å². The number of hydrogen-bond donors (Lipinski definition) is 0. The van der Waals surface area contributed by atoms with Crippen LogP contribution in [0.3, 0.4) is 0 Å². The molecule has 1 aromatic carbocycles. The molecule has 1 heterocycles. The first-order chi connectivity index (χ1) is 10.4. The third-order valence-corrected chi connectivity index (χ3v) is 5.01. The van der Waals surface area contributed by atoms with E-state index < -0.39 is 5.97 Å². The second-order valence-electron chi connectivity index (χ2n) is 4.31. The van der Waals surface area contributed by atoms with Crippen molar-refractivity contribution in [3.63, 3.8) is 0 Å². The number of amides is 1. The van der Waals surface area contributed by atoms with Crippen molar-refractivity contribution < 1.29 is 14.3 Å². The van der Waals surface area contributed by atoms with Crippen LogP contribution in [0, 0.1) is 0 Å². The molecule has 0 fully saturated rings.